The third kappa shape index (κ3) is 5.81. The predicted molar refractivity (Wildman–Crippen MR) is 136 cm³/mol. The lowest BCUT2D eigenvalue weighted by Crippen LogP contribution is -2.45. The smallest absolute Gasteiger partial charge is 0.229 e. The number of hydrogen-bond donors (Lipinski definition) is 1. The molecule has 0 bridgehead atoms. The lowest BCUT2D eigenvalue weighted by molar-refractivity contribution is -0.139. The Balaban J connectivity index is 1.28. The van der Waals surface area contributed by atoms with Gasteiger partial charge in [-0.25, -0.2) is 0 Å². The summed E-state index contributed by atoms with van der Waals surface area (Å²) in [7, 11) is 0. The molecule has 1 aromatic carbocycles. The first-order valence-electron chi connectivity index (χ1n) is 12.0. The molecule has 2 aliphatic rings. The van der Waals surface area contributed by atoms with E-state index in [9.17, 15) is 9.59 Å². The number of carbonyl (C=O) groups is 2. The van der Waals surface area contributed by atoms with Crippen molar-refractivity contribution in [1.29, 1.82) is 0 Å². The molecule has 1 spiro atoms. The van der Waals surface area contributed by atoms with Crippen molar-refractivity contribution in [3.05, 3.63) is 52.2 Å². The Morgan fingerprint density at radius 3 is 2.52 bits per heavy atom. The monoisotopic (exact) mass is 485 g/mol. The second-order valence-corrected chi connectivity index (χ2v) is 11.1. The van der Waals surface area contributed by atoms with Gasteiger partial charge in [0.1, 0.15) is 0 Å². The number of likely N-dealkylation sites (tertiary alicyclic amines) is 2. The SMILES string of the molecule is CCC(=O)NC(CCN1CCC2(CC1)CCN(Cc1ccc(SC)cc1)C2=O)c1cccs1. The summed E-state index contributed by atoms with van der Waals surface area (Å²) < 4.78 is 0. The highest BCUT2D eigenvalue weighted by molar-refractivity contribution is 7.98. The minimum absolute atomic E-state index is 0.0782. The second-order valence-electron chi connectivity index (χ2n) is 9.22. The van der Waals surface area contributed by atoms with Crippen LogP contribution in [0, 0.1) is 5.41 Å². The molecule has 2 amide bonds. The van der Waals surface area contributed by atoms with Crippen molar-refractivity contribution in [3.63, 3.8) is 0 Å². The zero-order chi connectivity index (χ0) is 23.3. The van der Waals surface area contributed by atoms with Crippen molar-refractivity contribution in [2.24, 2.45) is 5.41 Å². The molecule has 5 nitrogen and oxygen atoms in total. The van der Waals surface area contributed by atoms with Gasteiger partial charge >= 0.3 is 0 Å². The van der Waals surface area contributed by atoms with E-state index in [2.05, 4.69) is 57.1 Å². The van der Waals surface area contributed by atoms with Crippen LogP contribution in [0.2, 0.25) is 0 Å². The van der Waals surface area contributed by atoms with Gasteiger partial charge in [-0.1, -0.05) is 25.1 Å². The molecule has 1 N–H and O–H groups in total. The molecule has 0 radical (unpaired) electrons. The normalized spacial score (nSPS) is 19.2. The van der Waals surface area contributed by atoms with Gasteiger partial charge in [-0.3, -0.25) is 9.59 Å². The van der Waals surface area contributed by atoms with Gasteiger partial charge in [-0.15, -0.1) is 23.1 Å². The van der Waals surface area contributed by atoms with Crippen LogP contribution >= 0.6 is 23.1 Å². The highest BCUT2D eigenvalue weighted by atomic mass is 32.2. The molecule has 1 unspecified atom stereocenters. The van der Waals surface area contributed by atoms with Crippen LogP contribution in [0.4, 0.5) is 0 Å². The van der Waals surface area contributed by atoms with E-state index in [4.69, 9.17) is 0 Å². The van der Waals surface area contributed by atoms with E-state index in [0.717, 1.165) is 58.4 Å². The van der Waals surface area contributed by atoms with E-state index in [1.807, 2.05) is 13.0 Å². The molecule has 2 aliphatic heterocycles. The standard InChI is InChI=1S/C26H35N3O2S2/c1-3-24(30)27-22(23-5-4-18-33-23)10-14-28-15-11-26(12-16-28)13-17-29(25(26)31)19-20-6-8-21(32-2)9-7-20/h4-9,18,22H,3,10-17,19H2,1-2H3,(H,27,30). The Morgan fingerprint density at radius 2 is 1.88 bits per heavy atom. The van der Waals surface area contributed by atoms with Gasteiger partial charge in [0.15, 0.2) is 0 Å². The van der Waals surface area contributed by atoms with E-state index < -0.39 is 0 Å². The maximum absolute atomic E-state index is 13.3. The molecule has 0 aliphatic carbocycles. The highest BCUT2D eigenvalue weighted by Crippen LogP contribution is 2.42. The number of thiophene rings is 1. The molecule has 2 aromatic rings. The first kappa shape index (κ1) is 24.3. The Kier molecular flexibility index (Phi) is 8.15. The van der Waals surface area contributed by atoms with Crippen molar-refractivity contribution >= 4 is 34.9 Å². The molecule has 2 fully saturated rings. The van der Waals surface area contributed by atoms with Crippen LogP contribution in [0.25, 0.3) is 0 Å². The van der Waals surface area contributed by atoms with Gasteiger partial charge in [-0.05, 0) is 74.2 Å². The van der Waals surface area contributed by atoms with Gasteiger partial charge in [0, 0.05) is 35.8 Å². The van der Waals surface area contributed by atoms with Crippen LogP contribution in [-0.4, -0.2) is 54.0 Å². The summed E-state index contributed by atoms with van der Waals surface area (Å²) in [5.74, 6) is 0.452. The average molecular weight is 486 g/mol. The molecule has 1 atom stereocenters. The van der Waals surface area contributed by atoms with E-state index in [1.165, 1.54) is 15.3 Å². The molecular formula is C26H35N3O2S2. The number of amides is 2. The lowest BCUT2D eigenvalue weighted by atomic mass is 9.77. The molecule has 4 rings (SSSR count). The molecule has 33 heavy (non-hydrogen) atoms. The first-order chi connectivity index (χ1) is 16.0. The van der Waals surface area contributed by atoms with Crippen molar-refractivity contribution in [2.75, 3.05) is 32.4 Å². The maximum atomic E-state index is 13.3. The zero-order valence-electron chi connectivity index (χ0n) is 19.7. The first-order valence-corrected chi connectivity index (χ1v) is 14.1. The number of thioether (sulfide) groups is 1. The van der Waals surface area contributed by atoms with Gasteiger partial charge in [0.05, 0.1) is 11.5 Å². The Bertz CT molecular complexity index is 922. The van der Waals surface area contributed by atoms with Gasteiger partial charge in [-0.2, -0.15) is 0 Å². The van der Waals surface area contributed by atoms with Crippen LogP contribution in [0.3, 0.4) is 0 Å². The van der Waals surface area contributed by atoms with Crippen LogP contribution < -0.4 is 5.32 Å². The summed E-state index contributed by atoms with van der Waals surface area (Å²) >= 11 is 3.45. The topological polar surface area (TPSA) is 52.7 Å². The third-order valence-corrected chi connectivity index (χ3v) is 8.95. The zero-order valence-corrected chi connectivity index (χ0v) is 21.4. The van der Waals surface area contributed by atoms with Crippen molar-refractivity contribution in [1.82, 2.24) is 15.1 Å². The number of rotatable bonds is 9. The Labute approximate surface area is 205 Å². The summed E-state index contributed by atoms with van der Waals surface area (Å²) in [6.45, 7) is 6.35. The molecule has 2 saturated heterocycles. The van der Waals surface area contributed by atoms with E-state index in [-0.39, 0.29) is 17.4 Å². The fraction of sp³-hybridized carbons (Fsp3) is 0.538. The average Bonchev–Trinajstić information content (AvgIpc) is 3.48. The van der Waals surface area contributed by atoms with E-state index in [0.29, 0.717) is 12.3 Å². The minimum atomic E-state index is -0.167. The predicted octanol–water partition coefficient (Wildman–Crippen LogP) is 4.94. The summed E-state index contributed by atoms with van der Waals surface area (Å²) in [6.07, 6.45) is 6.36. The molecule has 1 aromatic heterocycles. The summed E-state index contributed by atoms with van der Waals surface area (Å²) in [4.78, 5) is 32.4. The van der Waals surface area contributed by atoms with Gasteiger partial charge in [0.25, 0.3) is 0 Å². The van der Waals surface area contributed by atoms with E-state index in [1.54, 1.807) is 23.1 Å². The van der Waals surface area contributed by atoms with Crippen molar-refractivity contribution in [3.8, 4) is 0 Å². The molecule has 0 saturated carbocycles. The Morgan fingerprint density at radius 1 is 1.15 bits per heavy atom. The number of benzene rings is 1. The molecule has 3 heterocycles. The summed E-state index contributed by atoms with van der Waals surface area (Å²) in [6, 6.07) is 12.8. The number of nitrogens with zero attached hydrogens (tertiary/aromatic N) is 2. The Hall–Kier alpha value is -1.83. The fourth-order valence-corrected chi connectivity index (χ4v) is 6.27. The van der Waals surface area contributed by atoms with Crippen LogP contribution in [0.5, 0.6) is 0 Å². The second kappa shape index (κ2) is 11.1. The quantitative estimate of drug-likeness (QED) is 0.511. The third-order valence-electron chi connectivity index (χ3n) is 7.22. The van der Waals surface area contributed by atoms with Gasteiger partial charge in [0.2, 0.25) is 11.8 Å². The number of piperidine rings is 1. The van der Waals surface area contributed by atoms with Crippen LogP contribution in [0.1, 0.15) is 55.5 Å². The summed E-state index contributed by atoms with van der Waals surface area (Å²) in [5, 5.41) is 5.25. The largest absolute Gasteiger partial charge is 0.348 e. The highest BCUT2D eigenvalue weighted by Gasteiger charge is 2.47. The van der Waals surface area contributed by atoms with Crippen LogP contribution in [0.15, 0.2) is 46.7 Å². The van der Waals surface area contributed by atoms with Crippen molar-refractivity contribution in [2.45, 2.75) is 56.5 Å². The molecular weight excluding hydrogens is 450 g/mol. The van der Waals surface area contributed by atoms with Crippen LogP contribution in [-0.2, 0) is 16.1 Å². The van der Waals surface area contributed by atoms with Crippen molar-refractivity contribution < 1.29 is 9.59 Å². The molecule has 178 valence electrons. The maximum Gasteiger partial charge on any atom is 0.229 e. The fourth-order valence-electron chi connectivity index (χ4n) is 5.05. The minimum Gasteiger partial charge on any atom is -0.348 e. The number of nitrogens with one attached hydrogen (secondary N) is 1. The van der Waals surface area contributed by atoms with Gasteiger partial charge < -0.3 is 15.1 Å². The number of carbonyl (C=O) groups excluding carboxylic acids is 2. The van der Waals surface area contributed by atoms with E-state index >= 15 is 0 Å². The number of hydrogen-bond acceptors (Lipinski definition) is 5. The molecule has 7 heteroatoms. The lowest BCUT2D eigenvalue weighted by Gasteiger charge is -2.38. The summed E-state index contributed by atoms with van der Waals surface area (Å²) in [5.41, 5.74) is 1.05.